The second-order valence-corrected chi connectivity index (χ2v) is 8.49. The molecule has 0 spiro atoms. The van der Waals surface area contributed by atoms with E-state index < -0.39 is 11.9 Å². The minimum atomic E-state index is -0.552. The number of hydrogen-bond acceptors (Lipinski definition) is 6. The number of benzene rings is 3. The molecule has 180 valence electrons. The number of rotatable bonds is 10. The fourth-order valence-electron chi connectivity index (χ4n) is 2.93. The molecule has 0 saturated heterocycles. The zero-order chi connectivity index (χ0) is 25.2. The number of nitrogens with zero attached hydrogens (tertiary/aromatic N) is 1. The predicted octanol–water partition coefficient (Wildman–Crippen LogP) is 5.59. The van der Waals surface area contributed by atoms with Gasteiger partial charge >= 0.3 is 5.97 Å². The van der Waals surface area contributed by atoms with Crippen LogP contribution in [0.2, 0.25) is 5.02 Å². The van der Waals surface area contributed by atoms with Gasteiger partial charge in [0.25, 0.3) is 5.91 Å². The standard InChI is InChI=1S/C26H22BrClN2O5/c1-3-4-17-5-11-23(24(13-17)33-2)34-16-25(31)30-29-15-19-14-20(27)8-12-22(19)35-26(32)18-6-9-21(28)10-7-18/h3,5-15H,1,4,16H2,2H3,(H,30,31)/b29-15-. The van der Waals surface area contributed by atoms with E-state index in [2.05, 4.69) is 33.0 Å². The Bertz CT molecular complexity index is 1240. The van der Waals surface area contributed by atoms with Crippen LogP contribution in [0.15, 0.2) is 82.9 Å². The Kier molecular flexibility index (Phi) is 9.46. The van der Waals surface area contributed by atoms with Gasteiger partial charge in [-0.3, -0.25) is 4.79 Å². The Morgan fingerprint density at radius 2 is 1.80 bits per heavy atom. The fourth-order valence-corrected chi connectivity index (χ4v) is 3.44. The number of hydrazone groups is 1. The zero-order valence-electron chi connectivity index (χ0n) is 18.8. The van der Waals surface area contributed by atoms with Crippen LogP contribution in [-0.2, 0) is 11.2 Å². The Hall–Kier alpha value is -3.62. The van der Waals surface area contributed by atoms with Crippen molar-refractivity contribution in [3.05, 3.63) is 99.5 Å². The van der Waals surface area contributed by atoms with E-state index in [0.717, 1.165) is 10.0 Å². The molecule has 0 saturated carbocycles. The highest BCUT2D eigenvalue weighted by atomic mass is 79.9. The minimum absolute atomic E-state index is 0.270. The quantitative estimate of drug-likeness (QED) is 0.116. The normalized spacial score (nSPS) is 10.6. The van der Waals surface area contributed by atoms with Crippen molar-refractivity contribution in [3.8, 4) is 17.2 Å². The highest BCUT2D eigenvalue weighted by Crippen LogP contribution is 2.28. The maximum Gasteiger partial charge on any atom is 0.343 e. The first kappa shape index (κ1) is 26.0. The Morgan fingerprint density at radius 3 is 2.51 bits per heavy atom. The van der Waals surface area contributed by atoms with Gasteiger partial charge in [-0.05, 0) is 66.6 Å². The van der Waals surface area contributed by atoms with Crippen LogP contribution in [0.5, 0.6) is 17.2 Å². The predicted molar refractivity (Wildman–Crippen MR) is 139 cm³/mol. The van der Waals surface area contributed by atoms with Gasteiger partial charge in [0.05, 0.1) is 18.9 Å². The third kappa shape index (κ3) is 7.70. The number of halogens is 2. The van der Waals surface area contributed by atoms with Crippen molar-refractivity contribution >= 4 is 45.6 Å². The Balaban J connectivity index is 1.61. The van der Waals surface area contributed by atoms with E-state index in [1.54, 1.807) is 54.6 Å². The number of ether oxygens (including phenoxy) is 3. The molecule has 0 bridgehead atoms. The number of allylic oxidation sites excluding steroid dienone is 1. The first-order valence-corrected chi connectivity index (χ1v) is 11.6. The molecule has 1 N–H and O–H groups in total. The summed E-state index contributed by atoms with van der Waals surface area (Å²) in [6.07, 6.45) is 3.85. The molecule has 7 nitrogen and oxygen atoms in total. The van der Waals surface area contributed by atoms with Crippen molar-refractivity contribution in [2.75, 3.05) is 13.7 Å². The van der Waals surface area contributed by atoms with Crippen LogP contribution in [0.3, 0.4) is 0 Å². The topological polar surface area (TPSA) is 86.2 Å². The number of amides is 1. The monoisotopic (exact) mass is 556 g/mol. The summed E-state index contributed by atoms with van der Waals surface area (Å²) < 4.78 is 17.1. The van der Waals surface area contributed by atoms with Crippen molar-refractivity contribution in [3.63, 3.8) is 0 Å². The summed E-state index contributed by atoms with van der Waals surface area (Å²) in [5.41, 5.74) is 4.22. The van der Waals surface area contributed by atoms with Crippen molar-refractivity contribution in [2.24, 2.45) is 5.10 Å². The molecule has 1 amide bonds. The molecule has 3 rings (SSSR count). The van der Waals surface area contributed by atoms with Crippen molar-refractivity contribution in [1.82, 2.24) is 5.43 Å². The summed E-state index contributed by atoms with van der Waals surface area (Å²) in [6.45, 7) is 3.44. The van der Waals surface area contributed by atoms with Crippen molar-refractivity contribution in [1.29, 1.82) is 0 Å². The molecule has 0 aliphatic rings. The first-order valence-electron chi connectivity index (χ1n) is 10.4. The third-order valence-corrected chi connectivity index (χ3v) is 5.36. The number of esters is 1. The van der Waals surface area contributed by atoms with E-state index in [9.17, 15) is 9.59 Å². The highest BCUT2D eigenvalue weighted by Gasteiger charge is 2.12. The van der Waals surface area contributed by atoms with Crippen LogP contribution >= 0.6 is 27.5 Å². The van der Waals surface area contributed by atoms with Gasteiger partial charge in [-0.15, -0.1) is 6.58 Å². The molecular weight excluding hydrogens is 536 g/mol. The maximum atomic E-state index is 12.5. The maximum absolute atomic E-state index is 12.5. The van der Waals surface area contributed by atoms with Crippen LogP contribution in [0, 0.1) is 0 Å². The lowest BCUT2D eigenvalue weighted by Crippen LogP contribution is -2.24. The van der Waals surface area contributed by atoms with Crippen LogP contribution in [0.4, 0.5) is 0 Å². The van der Waals surface area contributed by atoms with Crippen molar-refractivity contribution in [2.45, 2.75) is 6.42 Å². The van der Waals surface area contributed by atoms with Gasteiger partial charge in [0.2, 0.25) is 0 Å². The summed E-state index contributed by atoms with van der Waals surface area (Å²) >= 11 is 9.24. The van der Waals surface area contributed by atoms with E-state index in [1.165, 1.54) is 13.3 Å². The average molecular weight is 558 g/mol. The van der Waals surface area contributed by atoms with Gasteiger partial charge < -0.3 is 14.2 Å². The second kappa shape index (κ2) is 12.7. The minimum Gasteiger partial charge on any atom is -0.493 e. The third-order valence-electron chi connectivity index (χ3n) is 4.61. The van der Waals surface area contributed by atoms with E-state index >= 15 is 0 Å². The highest BCUT2D eigenvalue weighted by molar-refractivity contribution is 9.10. The van der Waals surface area contributed by atoms with Crippen LogP contribution in [0.1, 0.15) is 21.5 Å². The molecule has 35 heavy (non-hydrogen) atoms. The molecule has 0 aromatic heterocycles. The lowest BCUT2D eigenvalue weighted by atomic mass is 10.1. The molecule has 0 aliphatic heterocycles. The van der Waals surface area contributed by atoms with Gasteiger partial charge in [-0.25, -0.2) is 10.2 Å². The second-order valence-electron chi connectivity index (χ2n) is 7.14. The van der Waals surface area contributed by atoms with Gasteiger partial charge in [-0.1, -0.05) is 39.7 Å². The molecule has 0 unspecified atom stereocenters. The summed E-state index contributed by atoms with van der Waals surface area (Å²) in [7, 11) is 1.53. The molecule has 0 heterocycles. The molecule has 0 radical (unpaired) electrons. The van der Waals surface area contributed by atoms with Gasteiger partial charge in [0, 0.05) is 15.1 Å². The molecule has 3 aromatic carbocycles. The van der Waals surface area contributed by atoms with E-state index in [1.807, 2.05) is 12.1 Å². The van der Waals surface area contributed by atoms with E-state index in [-0.39, 0.29) is 12.4 Å². The lowest BCUT2D eigenvalue weighted by Gasteiger charge is -2.11. The lowest BCUT2D eigenvalue weighted by molar-refractivity contribution is -0.123. The van der Waals surface area contributed by atoms with Crippen LogP contribution < -0.4 is 19.6 Å². The zero-order valence-corrected chi connectivity index (χ0v) is 21.1. The average Bonchev–Trinajstić information content (AvgIpc) is 2.85. The summed E-state index contributed by atoms with van der Waals surface area (Å²) in [5.74, 6) is 0.189. The Labute approximate surface area is 216 Å². The molecule has 0 aliphatic carbocycles. The number of hydrogen-bond donors (Lipinski definition) is 1. The first-order chi connectivity index (χ1) is 16.9. The van der Waals surface area contributed by atoms with Gasteiger partial charge in [0.15, 0.2) is 18.1 Å². The fraction of sp³-hybridized carbons (Fsp3) is 0.115. The summed E-state index contributed by atoms with van der Waals surface area (Å²) in [6, 6.07) is 16.8. The number of nitrogens with one attached hydrogen (secondary N) is 1. The van der Waals surface area contributed by atoms with Crippen molar-refractivity contribution < 1.29 is 23.8 Å². The van der Waals surface area contributed by atoms with Crippen LogP contribution in [0.25, 0.3) is 0 Å². The SMILES string of the molecule is C=CCc1ccc(OCC(=O)N/N=C\c2cc(Br)ccc2OC(=O)c2ccc(Cl)cc2)c(OC)c1. The molecular formula is C26H22BrClN2O5. The molecule has 3 aromatic rings. The van der Waals surface area contributed by atoms with E-state index in [4.69, 9.17) is 25.8 Å². The Morgan fingerprint density at radius 1 is 1.06 bits per heavy atom. The molecule has 0 atom stereocenters. The molecule has 9 heteroatoms. The summed E-state index contributed by atoms with van der Waals surface area (Å²) in [4.78, 5) is 24.7. The smallest absolute Gasteiger partial charge is 0.343 e. The molecule has 0 fully saturated rings. The number of carbonyl (C=O) groups excluding carboxylic acids is 2. The van der Waals surface area contributed by atoms with Crippen LogP contribution in [-0.4, -0.2) is 31.8 Å². The number of methoxy groups -OCH3 is 1. The van der Waals surface area contributed by atoms with E-state index in [0.29, 0.717) is 34.1 Å². The van der Waals surface area contributed by atoms with Gasteiger partial charge in [0.1, 0.15) is 5.75 Å². The largest absolute Gasteiger partial charge is 0.493 e. The summed E-state index contributed by atoms with van der Waals surface area (Å²) in [5, 5.41) is 4.47. The van der Waals surface area contributed by atoms with Gasteiger partial charge in [-0.2, -0.15) is 5.10 Å². The number of carbonyl (C=O) groups is 2.